The van der Waals surface area contributed by atoms with E-state index in [4.69, 9.17) is 5.73 Å². The van der Waals surface area contributed by atoms with Crippen molar-refractivity contribution in [2.24, 2.45) is 11.1 Å². The molecule has 1 aromatic carbocycles. The van der Waals surface area contributed by atoms with Crippen molar-refractivity contribution in [1.82, 2.24) is 0 Å². The third-order valence-corrected chi connectivity index (χ3v) is 3.01. The van der Waals surface area contributed by atoms with Crippen LogP contribution in [-0.4, -0.2) is 0 Å². The molecule has 1 aliphatic rings. The lowest BCUT2D eigenvalue weighted by atomic mass is 9.97. The van der Waals surface area contributed by atoms with E-state index in [1.165, 1.54) is 16.7 Å². The number of allylic oxidation sites excluding steroid dienone is 3. The maximum Gasteiger partial charge on any atom is 0.00410 e. The highest BCUT2D eigenvalue weighted by Gasteiger charge is 2.33. The van der Waals surface area contributed by atoms with Gasteiger partial charge in [0.2, 0.25) is 0 Å². The standard InChI is InChI=1S/C14H17N/c1-14(2)9-13(14)8-12(10-15)11-6-4-3-5-7-11/h3-7,9-10H,8,15H2,1-2H3/b12-10-. The lowest BCUT2D eigenvalue weighted by molar-refractivity contribution is 0.691. The van der Waals surface area contributed by atoms with Gasteiger partial charge in [-0.05, 0) is 23.8 Å². The van der Waals surface area contributed by atoms with Gasteiger partial charge in [0, 0.05) is 5.41 Å². The summed E-state index contributed by atoms with van der Waals surface area (Å²) in [5.41, 5.74) is 9.93. The molecule has 0 aromatic heterocycles. The Labute approximate surface area is 91.3 Å². The molecule has 0 spiro atoms. The highest BCUT2D eigenvalue weighted by molar-refractivity contribution is 5.69. The molecular formula is C14H17N. The molecule has 0 aliphatic heterocycles. The summed E-state index contributed by atoms with van der Waals surface area (Å²) in [4.78, 5) is 0. The van der Waals surface area contributed by atoms with Crippen molar-refractivity contribution in [3.05, 3.63) is 53.7 Å². The summed E-state index contributed by atoms with van der Waals surface area (Å²) in [5.74, 6) is 0. The van der Waals surface area contributed by atoms with Crippen molar-refractivity contribution in [3.8, 4) is 0 Å². The Hall–Kier alpha value is -1.50. The molecule has 0 saturated carbocycles. The molecule has 0 unspecified atom stereocenters. The summed E-state index contributed by atoms with van der Waals surface area (Å²) in [5, 5.41) is 0. The average molecular weight is 199 g/mol. The fourth-order valence-corrected chi connectivity index (χ4v) is 1.79. The molecule has 78 valence electrons. The highest BCUT2D eigenvalue weighted by atomic mass is 14.5. The zero-order chi connectivity index (χ0) is 10.9. The first-order chi connectivity index (χ1) is 7.13. The minimum atomic E-state index is 0.322. The number of hydrogen-bond acceptors (Lipinski definition) is 1. The lowest BCUT2D eigenvalue weighted by Crippen LogP contribution is -1.94. The van der Waals surface area contributed by atoms with Crippen molar-refractivity contribution in [3.63, 3.8) is 0 Å². The van der Waals surface area contributed by atoms with E-state index < -0.39 is 0 Å². The minimum Gasteiger partial charge on any atom is -0.404 e. The van der Waals surface area contributed by atoms with Crippen LogP contribution in [0.3, 0.4) is 0 Å². The van der Waals surface area contributed by atoms with Crippen LogP contribution < -0.4 is 5.73 Å². The summed E-state index contributed by atoms with van der Waals surface area (Å²) in [6.07, 6.45) is 5.01. The quantitative estimate of drug-likeness (QED) is 0.742. The lowest BCUT2D eigenvalue weighted by Gasteiger charge is -2.08. The van der Waals surface area contributed by atoms with Crippen molar-refractivity contribution < 1.29 is 0 Å². The highest BCUT2D eigenvalue weighted by Crippen LogP contribution is 2.47. The van der Waals surface area contributed by atoms with Crippen LogP contribution >= 0.6 is 0 Å². The predicted octanol–water partition coefficient (Wildman–Crippen LogP) is 3.34. The molecule has 1 aromatic rings. The Morgan fingerprint density at radius 3 is 2.33 bits per heavy atom. The molecule has 0 saturated heterocycles. The summed E-state index contributed by atoms with van der Waals surface area (Å²) >= 11 is 0. The maximum absolute atomic E-state index is 5.68. The summed E-state index contributed by atoms with van der Waals surface area (Å²) in [6.45, 7) is 4.48. The van der Waals surface area contributed by atoms with Crippen LogP contribution in [-0.2, 0) is 0 Å². The van der Waals surface area contributed by atoms with Gasteiger partial charge < -0.3 is 5.73 Å². The first-order valence-electron chi connectivity index (χ1n) is 5.32. The van der Waals surface area contributed by atoms with Crippen LogP contribution in [0.2, 0.25) is 0 Å². The van der Waals surface area contributed by atoms with Crippen LogP contribution in [0.4, 0.5) is 0 Å². The summed E-state index contributed by atoms with van der Waals surface area (Å²) < 4.78 is 0. The predicted molar refractivity (Wildman–Crippen MR) is 65.1 cm³/mol. The third kappa shape index (κ3) is 2.12. The summed E-state index contributed by atoms with van der Waals surface area (Å²) in [7, 11) is 0. The SMILES string of the molecule is CC1(C)C=C1C/C(=C/N)c1ccccc1. The number of benzene rings is 1. The van der Waals surface area contributed by atoms with Crippen molar-refractivity contribution >= 4 is 5.57 Å². The molecule has 2 N–H and O–H groups in total. The Morgan fingerprint density at radius 1 is 1.27 bits per heavy atom. The van der Waals surface area contributed by atoms with Gasteiger partial charge in [-0.15, -0.1) is 0 Å². The Bertz CT molecular complexity index is 410. The van der Waals surface area contributed by atoms with Gasteiger partial charge in [-0.2, -0.15) is 0 Å². The van der Waals surface area contributed by atoms with E-state index in [2.05, 4.69) is 32.1 Å². The zero-order valence-corrected chi connectivity index (χ0v) is 9.33. The molecule has 15 heavy (non-hydrogen) atoms. The average Bonchev–Trinajstić information content (AvgIpc) is 2.84. The van der Waals surface area contributed by atoms with E-state index in [0.29, 0.717) is 5.41 Å². The Balaban J connectivity index is 2.11. The van der Waals surface area contributed by atoms with E-state index in [1.54, 1.807) is 6.20 Å². The van der Waals surface area contributed by atoms with Crippen LogP contribution in [0.15, 0.2) is 48.2 Å². The van der Waals surface area contributed by atoms with Gasteiger partial charge in [0.05, 0.1) is 0 Å². The molecular weight excluding hydrogens is 182 g/mol. The van der Waals surface area contributed by atoms with Crippen molar-refractivity contribution in [2.45, 2.75) is 20.3 Å². The number of hydrogen-bond donors (Lipinski definition) is 1. The van der Waals surface area contributed by atoms with E-state index in [-0.39, 0.29) is 0 Å². The second-order valence-corrected chi connectivity index (χ2v) is 4.63. The van der Waals surface area contributed by atoms with E-state index in [0.717, 1.165) is 6.42 Å². The topological polar surface area (TPSA) is 26.0 Å². The molecule has 0 bridgehead atoms. The van der Waals surface area contributed by atoms with Crippen LogP contribution in [0.25, 0.3) is 5.57 Å². The van der Waals surface area contributed by atoms with Crippen molar-refractivity contribution in [1.29, 1.82) is 0 Å². The first-order valence-corrected chi connectivity index (χ1v) is 5.32. The van der Waals surface area contributed by atoms with Crippen molar-refractivity contribution in [2.75, 3.05) is 0 Å². The largest absolute Gasteiger partial charge is 0.404 e. The van der Waals surface area contributed by atoms with Gasteiger partial charge in [0.1, 0.15) is 0 Å². The second-order valence-electron chi connectivity index (χ2n) is 4.63. The van der Waals surface area contributed by atoms with E-state index in [1.807, 2.05) is 18.2 Å². The molecule has 1 nitrogen and oxygen atoms in total. The normalized spacial score (nSPS) is 18.5. The monoisotopic (exact) mass is 199 g/mol. The first kappa shape index (κ1) is 10.0. The molecule has 0 amide bonds. The number of rotatable bonds is 3. The smallest absolute Gasteiger partial charge is 0.00410 e. The van der Waals surface area contributed by atoms with Gasteiger partial charge in [-0.1, -0.05) is 55.8 Å². The summed E-state index contributed by atoms with van der Waals surface area (Å²) in [6, 6.07) is 10.3. The second kappa shape index (κ2) is 3.58. The van der Waals surface area contributed by atoms with E-state index in [9.17, 15) is 0 Å². The van der Waals surface area contributed by atoms with Gasteiger partial charge >= 0.3 is 0 Å². The molecule has 1 heteroatoms. The van der Waals surface area contributed by atoms with Gasteiger partial charge in [-0.25, -0.2) is 0 Å². The maximum atomic E-state index is 5.68. The molecule has 0 heterocycles. The third-order valence-electron chi connectivity index (χ3n) is 3.01. The molecule has 0 radical (unpaired) electrons. The zero-order valence-electron chi connectivity index (χ0n) is 9.33. The van der Waals surface area contributed by atoms with Gasteiger partial charge in [-0.3, -0.25) is 0 Å². The molecule has 0 atom stereocenters. The van der Waals surface area contributed by atoms with E-state index >= 15 is 0 Å². The molecule has 2 rings (SSSR count). The number of nitrogens with two attached hydrogens (primary N) is 1. The van der Waals surface area contributed by atoms with Crippen LogP contribution in [0.5, 0.6) is 0 Å². The molecule has 0 fully saturated rings. The molecule has 1 aliphatic carbocycles. The van der Waals surface area contributed by atoms with Crippen LogP contribution in [0, 0.1) is 5.41 Å². The van der Waals surface area contributed by atoms with Gasteiger partial charge in [0.25, 0.3) is 0 Å². The Kier molecular flexibility index (Phi) is 2.39. The fourth-order valence-electron chi connectivity index (χ4n) is 1.79. The fraction of sp³-hybridized carbons (Fsp3) is 0.286. The Morgan fingerprint density at radius 2 is 1.87 bits per heavy atom. The minimum absolute atomic E-state index is 0.322. The van der Waals surface area contributed by atoms with Crippen LogP contribution in [0.1, 0.15) is 25.8 Å². The van der Waals surface area contributed by atoms with Gasteiger partial charge in [0.15, 0.2) is 0 Å².